The van der Waals surface area contributed by atoms with Gasteiger partial charge in [-0.25, -0.2) is 0 Å². The molecule has 2 aromatic rings. The first-order valence-corrected chi connectivity index (χ1v) is 8.63. The summed E-state index contributed by atoms with van der Waals surface area (Å²) in [4.78, 5) is 10.5. The lowest BCUT2D eigenvalue weighted by atomic mass is 10.1. The Morgan fingerprint density at radius 3 is 2.73 bits per heavy atom. The first kappa shape index (κ1) is 15.6. The van der Waals surface area contributed by atoms with Crippen molar-refractivity contribution < 1.29 is 4.74 Å². The van der Waals surface area contributed by atoms with E-state index < -0.39 is 0 Å². The summed E-state index contributed by atoms with van der Waals surface area (Å²) in [7, 11) is 2.20. The summed E-state index contributed by atoms with van der Waals surface area (Å²) in [5, 5.41) is 2.17. The number of rotatable bonds is 6. The standard InChI is InChI=1S/C17H23N3OS/c1-19(13-15-4-6-18-7-5-15)14-16(17-3-2-12-22-17)20-8-10-21-11-9-20/h2-7,12,16H,8-11,13-14H2,1H3/t16-/m0/s1. The minimum Gasteiger partial charge on any atom is -0.379 e. The van der Waals surface area contributed by atoms with Gasteiger partial charge in [-0.05, 0) is 36.2 Å². The Hall–Kier alpha value is -1.27. The molecule has 1 aliphatic heterocycles. The highest BCUT2D eigenvalue weighted by molar-refractivity contribution is 7.10. The van der Waals surface area contributed by atoms with Crippen LogP contribution in [0.1, 0.15) is 16.5 Å². The first-order valence-electron chi connectivity index (χ1n) is 7.75. The Balaban J connectivity index is 1.66. The highest BCUT2D eigenvalue weighted by atomic mass is 32.1. The zero-order chi connectivity index (χ0) is 15.2. The highest BCUT2D eigenvalue weighted by Gasteiger charge is 2.24. The molecular weight excluding hydrogens is 294 g/mol. The molecule has 3 rings (SSSR count). The van der Waals surface area contributed by atoms with Gasteiger partial charge in [-0.15, -0.1) is 11.3 Å². The van der Waals surface area contributed by atoms with Crippen LogP contribution in [0, 0.1) is 0 Å². The van der Waals surface area contributed by atoms with E-state index in [1.807, 2.05) is 23.7 Å². The van der Waals surface area contributed by atoms with Crippen LogP contribution >= 0.6 is 11.3 Å². The van der Waals surface area contributed by atoms with Crippen molar-refractivity contribution in [2.45, 2.75) is 12.6 Å². The zero-order valence-corrected chi connectivity index (χ0v) is 13.8. The smallest absolute Gasteiger partial charge is 0.0594 e. The number of ether oxygens (including phenoxy) is 1. The molecule has 0 amide bonds. The molecule has 3 heterocycles. The van der Waals surface area contributed by atoms with Gasteiger partial charge in [-0.2, -0.15) is 0 Å². The molecule has 118 valence electrons. The summed E-state index contributed by atoms with van der Waals surface area (Å²) in [6.45, 7) is 5.71. The molecule has 0 aliphatic carbocycles. The number of thiophene rings is 1. The van der Waals surface area contributed by atoms with Crippen molar-refractivity contribution >= 4 is 11.3 Å². The third kappa shape index (κ3) is 4.14. The second kappa shape index (κ2) is 7.83. The Bertz CT molecular complexity index is 540. The van der Waals surface area contributed by atoms with Crippen molar-refractivity contribution in [3.05, 3.63) is 52.5 Å². The summed E-state index contributed by atoms with van der Waals surface area (Å²) in [6.07, 6.45) is 3.73. The van der Waals surface area contributed by atoms with Crippen LogP contribution in [0.4, 0.5) is 0 Å². The Morgan fingerprint density at radius 1 is 1.27 bits per heavy atom. The van der Waals surface area contributed by atoms with Crippen molar-refractivity contribution in [1.29, 1.82) is 0 Å². The van der Waals surface area contributed by atoms with Gasteiger partial charge in [0.05, 0.1) is 19.3 Å². The maximum absolute atomic E-state index is 5.51. The molecule has 0 N–H and O–H groups in total. The van der Waals surface area contributed by atoms with E-state index in [2.05, 4.69) is 51.5 Å². The molecule has 1 atom stereocenters. The molecule has 0 saturated carbocycles. The van der Waals surface area contributed by atoms with Crippen LogP contribution in [0.2, 0.25) is 0 Å². The molecular formula is C17H23N3OS. The van der Waals surface area contributed by atoms with Gasteiger partial charge < -0.3 is 9.64 Å². The van der Waals surface area contributed by atoms with E-state index >= 15 is 0 Å². The molecule has 0 aromatic carbocycles. The van der Waals surface area contributed by atoms with Crippen LogP contribution in [0.5, 0.6) is 0 Å². The summed E-state index contributed by atoms with van der Waals surface area (Å²) in [5.41, 5.74) is 1.31. The minimum atomic E-state index is 0.454. The van der Waals surface area contributed by atoms with Gasteiger partial charge in [0.1, 0.15) is 0 Å². The molecule has 2 aromatic heterocycles. The summed E-state index contributed by atoms with van der Waals surface area (Å²) in [5.74, 6) is 0. The topological polar surface area (TPSA) is 28.6 Å². The van der Waals surface area contributed by atoms with E-state index in [-0.39, 0.29) is 0 Å². The highest BCUT2D eigenvalue weighted by Crippen LogP contribution is 2.27. The lowest BCUT2D eigenvalue weighted by Crippen LogP contribution is -2.42. The van der Waals surface area contributed by atoms with Crippen LogP contribution in [0.3, 0.4) is 0 Å². The van der Waals surface area contributed by atoms with Crippen molar-refractivity contribution in [3.8, 4) is 0 Å². The predicted molar refractivity (Wildman–Crippen MR) is 90.0 cm³/mol. The van der Waals surface area contributed by atoms with Gasteiger partial charge in [-0.3, -0.25) is 9.88 Å². The lowest BCUT2D eigenvalue weighted by Gasteiger charge is -2.36. The maximum Gasteiger partial charge on any atom is 0.0594 e. The van der Waals surface area contributed by atoms with E-state index in [1.165, 1.54) is 10.4 Å². The van der Waals surface area contributed by atoms with Crippen LogP contribution in [-0.2, 0) is 11.3 Å². The van der Waals surface area contributed by atoms with Gasteiger partial charge in [0.15, 0.2) is 0 Å². The van der Waals surface area contributed by atoms with Gasteiger partial charge in [-0.1, -0.05) is 6.07 Å². The molecule has 5 heteroatoms. The number of pyridine rings is 1. The zero-order valence-electron chi connectivity index (χ0n) is 13.0. The van der Waals surface area contributed by atoms with Gasteiger partial charge >= 0.3 is 0 Å². The fourth-order valence-corrected chi connectivity index (χ4v) is 3.77. The number of aromatic nitrogens is 1. The monoisotopic (exact) mass is 317 g/mol. The average Bonchev–Trinajstić information content (AvgIpc) is 3.08. The van der Waals surface area contributed by atoms with E-state index in [0.717, 1.165) is 39.4 Å². The Kier molecular flexibility index (Phi) is 5.56. The molecule has 22 heavy (non-hydrogen) atoms. The van der Waals surface area contributed by atoms with Crippen molar-refractivity contribution in [2.24, 2.45) is 0 Å². The third-order valence-electron chi connectivity index (χ3n) is 4.04. The third-order valence-corrected chi connectivity index (χ3v) is 5.02. The number of hydrogen-bond donors (Lipinski definition) is 0. The van der Waals surface area contributed by atoms with Crippen molar-refractivity contribution in [1.82, 2.24) is 14.8 Å². The SMILES string of the molecule is CN(Cc1ccncc1)C[C@@H](c1cccs1)N1CCOCC1. The average molecular weight is 317 g/mol. The number of hydrogen-bond acceptors (Lipinski definition) is 5. The second-order valence-corrected chi connectivity index (χ2v) is 6.71. The van der Waals surface area contributed by atoms with Crippen molar-refractivity contribution in [2.75, 3.05) is 39.9 Å². The number of likely N-dealkylation sites (N-methyl/N-ethyl adjacent to an activating group) is 1. The molecule has 0 unspecified atom stereocenters. The molecule has 4 nitrogen and oxygen atoms in total. The normalized spacial score (nSPS) is 17.7. The van der Waals surface area contributed by atoms with Crippen LogP contribution in [-0.4, -0.2) is 54.7 Å². The van der Waals surface area contributed by atoms with Crippen LogP contribution in [0.25, 0.3) is 0 Å². The Morgan fingerprint density at radius 2 is 2.05 bits per heavy atom. The summed E-state index contributed by atoms with van der Waals surface area (Å²) in [6, 6.07) is 9.04. The molecule has 1 saturated heterocycles. The fraction of sp³-hybridized carbons (Fsp3) is 0.471. The van der Waals surface area contributed by atoms with Gasteiger partial charge in [0, 0.05) is 43.4 Å². The minimum absolute atomic E-state index is 0.454. The summed E-state index contributed by atoms with van der Waals surface area (Å²) >= 11 is 1.85. The lowest BCUT2D eigenvalue weighted by molar-refractivity contribution is 0.00964. The van der Waals surface area contributed by atoms with Gasteiger partial charge in [0.2, 0.25) is 0 Å². The molecule has 0 bridgehead atoms. The quantitative estimate of drug-likeness (QED) is 0.819. The second-order valence-electron chi connectivity index (χ2n) is 5.73. The van der Waals surface area contributed by atoms with E-state index in [0.29, 0.717) is 6.04 Å². The molecule has 0 radical (unpaired) electrons. The van der Waals surface area contributed by atoms with Crippen LogP contribution < -0.4 is 0 Å². The summed E-state index contributed by atoms with van der Waals surface area (Å²) < 4.78 is 5.51. The first-order chi connectivity index (χ1) is 10.8. The molecule has 0 spiro atoms. The van der Waals surface area contributed by atoms with Crippen molar-refractivity contribution in [3.63, 3.8) is 0 Å². The van der Waals surface area contributed by atoms with E-state index in [9.17, 15) is 0 Å². The molecule has 1 aliphatic rings. The number of morpholine rings is 1. The fourth-order valence-electron chi connectivity index (χ4n) is 2.92. The maximum atomic E-state index is 5.51. The predicted octanol–water partition coefficient (Wildman–Crippen LogP) is 2.65. The largest absolute Gasteiger partial charge is 0.379 e. The number of nitrogens with zero attached hydrogens (tertiary/aromatic N) is 3. The van der Waals surface area contributed by atoms with Gasteiger partial charge in [0.25, 0.3) is 0 Å². The molecule has 1 fully saturated rings. The van der Waals surface area contributed by atoms with E-state index in [1.54, 1.807) is 0 Å². The Labute approximate surface area is 136 Å². The van der Waals surface area contributed by atoms with Crippen LogP contribution in [0.15, 0.2) is 42.0 Å². The van der Waals surface area contributed by atoms with E-state index in [4.69, 9.17) is 4.74 Å².